The van der Waals surface area contributed by atoms with Crippen LogP contribution in [0.15, 0.2) is 23.1 Å². The lowest BCUT2D eigenvalue weighted by Crippen LogP contribution is -2.43. The van der Waals surface area contributed by atoms with E-state index in [4.69, 9.17) is 16.7 Å². The summed E-state index contributed by atoms with van der Waals surface area (Å²) in [5.74, 6) is 5.17. The van der Waals surface area contributed by atoms with E-state index in [-0.39, 0.29) is 16.5 Å². The van der Waals surface area contributed by atoms with Crippen LogP contribution in [0.4, 0.5) is 0 Å². The Morgan fingerprint density at radius 2 is 2.05 bits per heavy atom. The predicted octanol–water partition coefficient (Wildman–Crippen LogP) is 2.54. The summed E-state index contributed by atoms with van der Waals surface area (Å²) < 4.78 is 27.5. The second-order valence-electron chi connectivity index (χ2n) is 5.34. The average Bonchev–Trinajstić information content (AvgIpc) is 2.34. The number of aliphatic hydroxyl groups is 1. The first-order valence-electron chi connectivity index (χ1n) is 6.65. The number of benzene rings is 1. The van der Waals surface area contributed by atoms with E-state index in [1.165, 1.54) is 12.1 Å². The molecular weight excluding hydrogens is 310 g/mol. The summed E-state index contributed by atoms with van der Waals surface area (Å²) >= 11 is 6.05. The van der Waals surface area contributed by atoms with Crippen molar-refractivity contribution in [3.05, 3.63) is 28.8 Å². The zero-order valence-electron chi connectivity index (χ0n) is 12.4. The third-order valence-corrected chi connectivity index (χ3v) is 5.00. The molecule has 0 aliphatic heterocycles. The summed E-state index contributed by atoms with van der Waals surface area (Å²) in [6.07, 6.45) is 1.60. The lowest BCUT2D eigenvalue weighted by atomic mass is 10.0. The minimum Gasteiger partial charge on any atom is -0.384 e. The maximum Gasteiger partial charge on any atom is 0.242 e. The van der Waals surface area contributed by atoms with Crippen molar-refractivity contribution in [2.24, 2.45) is 0 Å². The van der Waals surface area contributed by atoms with E-state index in [1.54, 1.807) is 6.07 Å². The summed E-state index contributed by atoms with van der Waals surface area (Å²) in [6.45, 7) is 5.41. The number of rotatable bonds is 5. The van der Waals surface area contributed by atoms with Crippen molar-refractivity contribution in [1.29, 1.82) is 0 Å². The van der Waals surface area contributed by atoms with Crippen LogP contribution in [-0.4, -0.2) is 25.7 Å². The molecule has 0 saturated carbocycles. The fourth-order valence-corrected chi connectivity index (χ4v) is 4.02. The monoisotopic (exact) mass is 329 g/mol. The largest absolute Gasteiger partial charge is 0.384 e. The van der Waals surface area contributed by atoms with Crippen LogP contribution in [0.5, 0.6) is 0 Å². The summed E-state index contributed by atoms with van der Waals surface area (Å²) in [7, 11) is -3.69. The first-order chi connectivity index (χ1) is 9.72. The summed E-state index contributed by atoms with van der Waals surface area (Å²) in [6, 6.07) is 4.47. The summed E-state index contributed by atoms with van der Waals surface area (Å²) in [5.41, 5.74) is 0.0209. The first-order valence-corrected chi connectivity index (χ1v) is 8.51. The fourth-order valence-electron chi connectivity index (χ4n) is 2.03. The standard InChI is InChI=1S/C15H20ClNO3S/c1-4-9-15(2,3)17-21(19,20)14-8-7-12(6-5-10-18)11-13(14)16/h7-8,11,17-18H,4,9-10H2,1-3H3. The number of hydrogen-bond acceptors (Lipinski definition) is 3. The van der Waals surface area contributed by atoms with Gasteiger partial charge in [0, 0.05) is 11.1 Å². The van der Waals surface area contributed by atoms with Gasteiger partial charge in [0.05, 0.1) is 5.02 Å². The molecule has 0 amide bonds. The van der Waals surface area contributed by atoms with Crippen molar-refractivity contribution in [2.75, 3.05) is 6.61 Å². The maximum absolute atomic E-state index is 12.4. The maximum atomic E-state index is 12.4. The smallest absolute Gasteiger partial charge is 0.242 e. The Hall–Kier alpha value is -1.06. The minimum atomic E-state index is -3.69. The molecule has 0 heterocycles. The first kappa shape index (κ1) is 18.0. The molecule has 2 N–H and O–H groups in total. The van der Waals surface area contributed by atoms with Crippen LogP contribution in [-0.2, 0) is 10.0 Å². The molecule has 1 aromatic carbocycles. The van der Waals surface area contributed by atoms with E-state index in [9.17, 15) is 8.42 Å². The van der Waals surface area contributed by atoms with E-state index in [0.29, 0.717) is 5.56 Å². The molecule has 0 aromatic heterocycles. The minimum absolute atomic E-state index is 0.0305. The number of halogens is 1. The van der Waals surface area contributed by atoms with Gasteiger partial charge in [-0.1, -0.05) is 36.8 Å². The Labute approximate surface area is 131 Å². The fraction of sp³-hybridized carbons (Fsp3) is 0.467. The zero-order valence-corrected chi connectivity index (χ0v) is 14.0. The Kier molecular flexibility index (Phi) is 6.24. The van der Waals surface area contributed by atoms with Gasteiger partial charge in [-0.3, -0.25) is 0 Å². The number of sulfonamides is 1. The van der Waals surface area contributed by atoms with Crippen molar-refractivity contribution < 1.29 is 13.5 Å². The van der Waals surface area contributed by atoms with E-state index in [1.807, 2.05) is 20.8 Å². The SMILES string of the molecule is CCCC(C)(C)NS(=O)(=O)c1ccc(C#CCO)cc1Cl. The molecule has 0 atom stereocenters. The van der Waals surface area contributed by atoms with Gasteiger partial charge in [-0.25, -0.2) is 13.1 Å². The Bertz CT molecular complexity index is 657. The molecule has 1 rings (SSSR count). The molecule has 1 aromatic rings. The van der Waals surface area contributed by atoms with Gasteiger partial charge < -0.3 is 5.11 Å². The van der Waals surface area contributed by atoms with Crippen molar-refractivity contribution in [3.63, 3.8) is 0 Å². The average molecular weight is 330 g/mol. The number of nitrogens with one attached hydrogen (secondary N) is 1. The lowest BCUT2D eigenvalue weighted by Gasteiger charge is -2.25. The molecule has 21 heavy (non-hydrogen) atoms. The molecule has 0 aliphatic rings. The molecule has 0 bridgehead atoms. The van der Waals surface area contributed by atoms with Crippen LogP contribution in [0.25, 0.3) is 0 Å². The van der Waals surface area contributed by atoms with Gasteiger partial charge in [0.25, 0.3) is 0 Å². The van der Waals surface area contributed by atoms with Crippen molar-refractivity contribution in [1.82, 2.24) is 4.72 Å². The highest BCUT2D eigenvalue weighted by atomic mass is 35.5. The van der Waals surface area contributed by atoms with Crippen LogP contribution in [0.3, 0.4) is 0 Å². The molecule has 0 radical (unpaired) electrons. The normalized spacial score (nSPS) is 11.9. The molecule has 0 fully saturated rings. The molecule has 116 valence electrons. The second kappa shape index (κ2) is 7.28. The van der Waals surface area contributed by atoms with Crippen LogP contribution < -0.4 is 4.72 Å². The van der Waals surface area contributed by atoms with Crippen molar-refractivity contribution >= 4 is 21.6 Å². The highest BCUT2D eigenvalue weighted by molar-refractivity contribution is 7.89. The van der Waals surface area contributed by atoms with Crippen molar-refractivity contribution in [2.45, 2.75) is 44.0 Å². The Morgan fingerprint density at radius 3 is 2.57 bits per heavy atom. The van der Waals surface area contributed by atoms with E-state index in [0.717, 1.165) is 12.8 Å². The van der Waals surface area contributed by atoms with Gasteiger partial charge in [0.1, 0.15) is 11.5 Å². The highest BCUT2D eigenvalue weighted by Crippen LogP contribution is 2.24. The van der Waals surface area contributed by atoms with Crippen LogP contribution in [0.2, 0.25) is 5.02 Å². The second-order valence-corrected chi connectivity index (χ2v) is 7.40. The number of aliphatic hydroxyl groups excluding tert-OH is 1. The van der Waals surface area contributed by atoms with Crippen LogP contribution in [0, 0.1) is 11.8 Å². The topological polar surface area (TPSA) is 66.4 Å². The molecular formula is C15H20ClNO3S. The molecule has 6 heteroatoms. The van der Waals surface area contributed by atoms with Gasteiger partial charge >= 0.3 is 0 Å². The van der Waals surface area contributed by atoms with Gasteiger partial charge in [-0.2, -0.15) is 0 Å². The van der Waals surface area contributed by atoms with Gasteiger partial charge in [0.2, 0.25) is 10.0 Å². The van der Waals surface area contributed by atoms with E-state index in [2.05, 4.69) is 16.6 Å². The van der Waals surface area contributed by atoms with Gasteiger partial charge in [0.15, 0.2) is 0 Å². The van der Waals surface area contributed by atoms with Crippen molar-refractivity contribution in [3.8, 4) is 11.8 Å². The third kappa shape index (κ3) is 5.33. The third-order valence-electron chi connectivity index (χ3n) is 2.82. The summed E-state index contributed by atoms with van der Waals surface area (Å²) in [5, 5.41) is 8.76. The quantitative estimate of drug-likeness (QED) is 0.816. The molecule has 4 nitrogen and oxygen atoms in total. The summed E-state index contributed by atoms with van der Waals surface area (Å²) in [4.78, 5) is 0.0305. The molecule has 0 spiro atoms. The molecule has 0 aliphatic carbocycles. The predicted molar refractivity (Wildman–Crippen MR) is 84.7 cm³/mol. The van der Waals surface area contributed by atoms with Gasteiger partial charge in [-0.05, 0) is 38.5 Å². The lowest BCUT2D eigenvalue weighted by molar-refractivity contribution is 0.350. The molecule has 0 saturated heterocycles. The van der Waals surface area contributed by atoms with Crippen LogP contribution >= 0.6 is 11.6 Å². The molecule has 0 unspecified atom stereocenters. The van der Waals surface area contributed by atoms with E-state index >= 15 is 0 Å². The Balaban J connectivity index is 3.10. The van der Waals surface area contributed by atoms with Crippen LogP contribution in [0.1, 0.15) is 39.2 Å². The Morgan fingerprint density at radius 1 is 1.38 bits per heavy atom. The highest BCUT2D eigenvalue weighted by Gasteiger charge is 2.27. The van der Waals surface area contributed by atoms with E-state index < -0.39 is 15.6 Å². The zero-order chi connectivity index (χ0) is 16.1. The van der Waals surface area contributed by atoms with Gasteiger partial charge in [-0.15, -0.1) is 0 Å². The number of hydrogen-bond donors (Lipinski definition) is 2.